The molecule has 0 bridgehead atoms. The summed E-state index contributed by atoms with van der Waals surface area (Å²) in [7, 11) is 3.58. The van der Waals surface area contributed by atoms with E-state index in [2.05, 4.69) is 51.9 Å². The molecule has 3 rings (SSSR count). The summed E-state index contributed by atoms with van der Waals surface area (Å²) < 4.78 is 0. The van der Waals surface area contributed by atoms with Gasteiger partial charge in [0, 0.05) is 57.3 Å². The van der Waals surface area contributed by atoms with Gasteiger partial charge in [0.2, 0.25) is 5.91 Å². The number of fused-ring (bicyclic) bond motifs is 1. The molecular weight excluding hydrogens is 374 g/mol. The van der Waals surface area contributed by atoms with Crippen LogP contribution in [0, 0.1) is 6.92 Å². The van der Waals surface area contributed by atoms with E-state index in [1.165, 1.54) is 22.0 Å². The van der Waals surface area contributed by atoms with Crippen molar-refractivity contribution in [2.45, 2.75) is 26.3 Å². The lowest BCUT2D eigenvalue weighted by molar-refractivity contribution is -0.130. The van der Waals surface area contributed by atoms with Crippen LogP contribution in [0.5, 0.6) is 0 Å². The number of hydrogen-bond acceptors (Lipinski definition) is 2. The van der Waals surface area contributed by atoms with Crippen molar-refractivity contribution in [1.29, 1.82) is 0 Å². The Morgan fingerprint density at radius 2 is 1.87 bits per heavy atom. The molecule has 0 spiro atoms. The fourth-order valence-corrected chi connectivity index (χ4v) is 3.47. The van der Waals surface area contributed by atoms with E-state index in [9.17, 15) is 4.79 Å². The average molecular weight is 406 g/mol. The van der Waals surface area contributed by atoms with Gasteiger partial charge >= 0.3 is 0 Å². The van der Waals surface area contributed by atoms with Gasteiger partial charge in [0.1, 0.15) is 0 Å². The van der Waals surface area contributed by atoms with E-state index in [1.807, 2.05) is 37.4 Å². The lowest BCUT2D eigenvalue weighted by atomic mass is 10.1. The zero-order valence-electron chi connectivity index (χ0n) is 18.0. The van der Waals surface area contributed by atoms with Crippen LogP contribution >= 0.6 is 0 Å². The monoisotopic (exact) mass is 405 g/mol. The van der Waals surface area contributed by atoms with Crippen molar-refractivity contribution in [3.63, 3.8) is 0 Å². The molecule has 1 heterocycles. The van der Waals surface area contributed by atoms with Crippen molar-refractivity contribution in [2.24, 2.45) is 4.99 Å². The van der Waals surface area contributed by atoms with Crippen LogP contribution in [0.4, 0.5) is 0 Å². The molecule has 6 nitrogen and oxygen atoms in total. The van der Waals surface area contributed by atoms with E-state index in [-0.39, 0.29) is 5.91 Å². The Balaban J connectivity index is 1.39. The number of carbonyl (C=O) groups excluding carboxylic acids is 1. The van der Waals surface area contributed by atoms with Crippen LogP contribution in [0.25, 0.3) is 10.9 Å². The van der Waals surface area contributed by atoms with Crippen LogP contribution in [-0.4, -0.2) is 48.9 Å². The summed E-state index contributed by atoms with van der Waals surface area (Å²) in [5.41, 5.74) is 4.84. The van der Waals surface area contributed by atoms with E-state index in [1.54, 1.807) is 11.9 Å². The largest absolute Gasteiger partial charge is 0.361 e. The second kappa shape index (κ2) is 10.5. The van der Waals surface area contributed by atoms with Gasteiger partial charge in [-0.25, -0.2) is 0 Å². The SMILES string of the molecule is CN=C(NCCC(=O)N(C)Cc1ccccc1)NCCc1c[nH]c2cc(C)ccc12. The van der Waals surface area contributed by atoms with Crippen molar-refractivity contribution in [3.8, 4) is 0 Å². The number of nitrogens with one attached hydrogen (secondary N) is 3. The van der Waals surface area contributed by atoms with Gasteiger partial charge in [-0.2, -0.15) is 0 Å². The number of benzene rings is 2. The van der Waals surface area contributed by atoms with Crippen LogP contribution in [0.2, 0.25) is 0 Å². The van der Waals surface area contributed by atoms with Gasteiger partial charge in [-0.05, 0) is 36.1 Å². The molecule has 0 aliphatic carbocycles. The highest BCUT2D eigenvalue weighted by Crippen LogP contribution is 2.19. The molecule has 1 aromatic heterocycles. The van der Waals surface area contributed by atoms with Gasteiger partial charge in [-0.15, -0.1) is 0 Å². The highest BCUT2D eigenvalue weighted by molar-refractivity contribution is 5.84. The molecule has 30 heavy (non-hydrogen) atoms. The molecule has 0 saturated carbocycles. The van der Waals surface area contributed by atoms with Crippen LogP contribution in [-0.2, 0) is 17.8 Å². The van der Waals surface area contributed by atoms with E-state index in [0.29, 0.717) is 25.5 Å². The van der Waals surface area contributed by atoms with Crippen molar-refractivity contribution in [1.82, 2.24) is 20.5 Å². The second-order valence-electron chi connectivity index (χ2n) is 7.52. The van der Waals surface area contributed by atoms with Gasteiger partial charge in [0.15, 0.2) is 5.96 Å². The summed E-state index contributed by atoms with van der Waals surface area (Å²) in [6.45, 7) is 4.03. The third-order valence-electron chi connectivity index (χ3n) is 5.15. The summed E-state index contributed by atoms with van der Waals surface area (Å²) in [5.74, 6) is 0.820. The Morgan fingerprint density at radius 3 is 2.63 bits per heavy atom. The van der Waals surface area contributed by atoms with E-state index in [4.69, 9.17) is 0 Å². The molecule has 0 atom stereocenters. The predicted molar refractivity (Wildman–Crippen MR) is 124 cm³/mol. The fraction of sp³-hybridized carbons (Fsp3) is 0.333. The minimum atomic E-state index is 0.107. The van der Waals surface area contributed by atoms with Gasteiger partial charge in [0.05, 0.1) is 0 Å². The number of hydrogen-bond donors (Lipinski definition) is 3. The minimum absolute atomic E-state index is 0.107. The number of aryl methyl sites for hydroxylation is 1. The van der Waals surface area contributed by atoms with Crippen molar-refractivity contribution in [3.05, 3.63) is 71.4 Å². The number of amides is 1. The van der Waals surface area contributed by atoms with Crippen molar-refractivity contribution < 1.29 is 4.79 Å². The Morgan fingerprint density at radius 1 is 1.10 bits per heavy atom. The number of nitrogens with zero attached hydrogens (tertiary/aromatic N) is 2. The Bertz CT molecular complexity index is 993. The predicted octanol–water partition coefficient (Wildman–Crippen LogP) is 3.23. The summed E-state index contributed by atoms with van der Waals surface area (Å²) in [4.78, 5) is 21.7. The smallest absolute Gasteiger partial charge is 0.224 e. The molecule has 0 unspecified atom stereocenters. The Labute approximate surface area is 178 Å². The van der Waals surface area contributed by atoms with Crippen LogP contribution in [0.3, 0.4) is 0 Å². The quantitative estimate of drug-likeness (QED) is 0.398. The fourth-order valence-electron chi connectivity index (χ4n) is 3.47. The van der Waals surface area contributed by atoms with E-state index < -0.39 is 0 Å². The van der Waals surface area contributed by atoms with E-state index >= 15 is 0 Å². The normalized spacial score (nSPS) is 11.5. The summed E-state index contributed by atoms with van der Waals surface area (Å²) >= 11 is 0. The molecule has 3 aromatic rings. The maximum absolute atomic E-state index is 12.4. The number of carbonyl (C=O) groups is 1. The van der Waals surface area contributed by atoms with Gasteiger partial charge in [0.25, 0.3) is 0 Å². The summed E-state index contributed by atoms with van der Waals surface area (Å²) in [5, 5.41) is 7.82. The van der Waals surface area contributed by atoms with Gasteiger partial charge < -0.3 is 20.5 Å². The maximum Gasteiger partial charge on any atom is 0.224 e. The maximum atomic E-state index is 12.4. The number of aromatic nitrogens is 1. The summed E-state index contributed by atoms with van der Waals surface area (Å²) in [6, 6.07) is 16.5. The van der Waals surface area contributed by atoms with Crippen LogP contribution in [0.15, 0.2) is 59.7 Å². The third-order valence-corrected chi connectivity index (χ3v) is 5.15. The van der Waals surface area contributed by atoms with Crippen LogP contribution < -0.4 is 10.6 Å². The lowest BCUT2D eigenvalue weighted by Gasteiger charge is -2.18. The van der Waals surface area contributed by atoms with E-state index in [0.717, 1.165) is 18.5 Å². The molecule has 1 amide bonds. The molecule has 6 heteroatoms. The highest BCUT2D eigenvalue weighted by atomic mass is 16.2. The Kier molecular flexibility index (Phi) is 7.49. The summed E-state index contributed by atoms with van der Waals surface area (Å²) in [6.07, 6.45) is 3.39. The first-order chi connectivity index (χ1) is 14.6. The molecule has 158 valence electrons. The standard InChI is InChI=1S/C24H31N5O/c1-18-9-10-21-20(16-28-22(21)15-18)11-13-26-24(25-2)27-14-12-23(30)29(3)17-19-7-5-4-6-8-19/h4-10,15-16,28H,11-14,17H2,1-3H3,(H2,25,26,27). The molecular formula is C24H31N5O. The number of aromatic amines is 1. The molecule has 2 aromatic carbocycles. The zero-order valence-corrected chi connectivity index (χ0v) is 18.0. The number of aliphatic imine (C=N–C) groups is 1. The number of rotatable bonds is 8. The molecule has 0 saturated heterocycles. The van der Waals surface area contributed by atoms with Gasteiger partial charge in [-0.3, -0.25) is 9.79 Å². The molecule has 3 N–H and O–H groups in total. The number of H-pyrrole nitrogens is 1. The van der Waals surface area contributed by atoms with Crippen LogP contribution in [0.1, 0.15) is 23.1 Å². The average Bonchev–Trinajstić information content (AvgIpc) is 3.15. The van der Waals surface area contributed by atoms with Gasteiger partial charge in [-0.1, -0.05) is 42.5 Å². The van der Waals surface area contributed by atoms with Crippen molar-refractivity contribution >= 4 is 22.8 Å². The molecule has 0 fully saturated rings. The Hall–Kier alpha value is -3.28. The first-order valence-corrected chi connectivity index (χ1v) is 10.4. The first kappa shape index (κ1) is 21.4. The number of guanidine groups is 1. The second-order valence-corrected chi connectivity index (χ2v) is 7.52. The topological polar surface area (TPSA) is 72.5 Å². The zero-order chi connectivity index (χ0) is 21.3. The molecule has 0 aliphatic heterocycles. The highest BCUT2D eigenvalue weighted by Gasteiger charge is 2.09. The first-order valence-electron chi connectivity index (χ1n) is 10.4. The molecule has 0 radical (unpaired) electrons. The van der Waals surface area contributed by atoms with Crippen molar-refractivity contribution in [2.75, 3.05) is 27.2 Å². The molecule has 0 aliphatic rings. The lowest BCUT2D eigenvalue weighted by Crippen LogP contribution is -2.40. The third kappa shape index (κ3) is 5.86. The minimum Gasteiger partial charge on any atom is -0.361 e.